The second-order valence-corrected chi connectivity index (χ2v) is 2.47. The second kappa shape index (κ2) is 5.43. The molecule has 0 saturated carbocycles. The van der Waals surface area contributed by atoms with Gasteiger partial charge in [0.15, 0.2) is 0 Å². The van der Waals surface area contributed by atoms with E-state index in [0.29, 0.717) is 5.69 Å². The van der Waals surface area contributed by atoms with Crippen LogP contribution in [0.4, 0.5) is 5.69 Å². The van der Waals surface area contributed by atoms with Crippen molar-refractivity contribution < 1.29 is 9.84 Å². The summed E-state index contributed by atoms with van der Waals surface area (Å²) in [7, 11) is 3.25. The molecule has 0 heterocycles. The summed E-state index contributed by atoms with van der Waals surface area (Å²) in [4.78, 5) is 0. The number of anilines is 1. The van der Waals surface area contributed by atoms with Crippen LogP contribution < -0.4 is 5.73 Å². The zero-order valence-corrected chi connectivity index (χ0v) is 7.66. The zero-order chi connectivity index (χ0) is 9.56. The maximum Gasteiger partial charge on any atom is 0.138 e. The number of hydrogen-bond acceptors (Lipinski definition) is 3. The second-order valence-electron chi connectivity index (χ2n) is 2.47. The van der Waals surface area contributed by atoms with Crippen molar-refractivity contribution in [2.45, 2.75) is 6.92 Å². The molecule has 3 heteroatoms. The number of hydrogen-bond donors (Lipinski definition) is 2. The van der Waals surface area contributed by atoms with Gasteiger partial charge in [0.1, 0.15) is 5.75 Å². The van der Waals surface area contributed by atoms with Gasteiger partial charge in [-0.1, -0.05) is 6.07 Å². The number of phenols is 1. The molecule has 1 aromatic rings. The summed E-state index contributed by atoms with van der Waals surface area (Å²) < 4.78 is 4.25. The lowest BCUT2D eigenvalue weighted by atomic mass is 10.2. The fourth-order valence-corrected chi connectivity index (χ4v) is 0.674. The molecule has 3 N–H and O–H groups in total. The lowest BCUT2D eigenvalue weighted by molar-refractivity contribution is 0.277. The van der Waals surface area contributed by atoms with E-state index in [1.165, 1.54) is 0 Å². The molecule has 0 radical (unpaired) electrons. The van der Waals surface area contributed by atoms with Gasteiger partial charge < -0.3 is 15.6 Å². The molecule has 0 saturated heterocycles. The number of nitrogens with two attached hydrogens (primary N) is 1. The average molecular weight is 169 g/mol. The number of aryl methyl sites for hydroxylation is 1. The largest absolute Gasteiger partial charge is 0.506 e. The SMILES string of the molecule is COC.Cc1ccc(O)c(N)c1. The van der Waals surface area contributed by atoms with Gasteiger partial charge in [0.2, 0.25) is 0 Å². The Morgan fingerprint density at radius 2 is 1.83 bits per heavy atom. The molecule has 1 aromatic carbocycles. The van der Waals surface area contributed by atoms with Crippen molar-refractivity contribution in [2.75, 3.05) is 20.0 Å². The van der Waals surface area contributed by atoms with Gasteiger partial charge >= 0.3 is 0 Å². The monoisotopic (exact) mass is 169 g/mol. The van der Waals surface area contributed by atoms with Crippen LogP contribution in [0.5, 0.6) is 5.75 Å². The third kappa shape index (κ3) is 3.83. The van der Waals surface area contributed by atoms with Gasteiger partial charge in [-0.25, -0.2) is 0 Å². The summed E-state index contributed by atoms with van der Waals surface area (Å²) in [5.74, 6) is 0.153. The van der Waals surface area contributed by atoms with Crippen molar-refractivity contribution in [3.63, 3.8) is 0 Å². The first-order valence-corrected chi connectivity index (χ1v) is 3.57. The van der Waals surface area contributed by atoms with Crippen molar-refractivity contribution in [2.24, 2.45) is 0 Å². The van der Waals surface area contributed by atoms with Crippen molar-refractivity contribution in [3.05, 3.63) is 23.8 Å². The van der Waals surface area contributed by atoms with E-state index in [1.807, 2.05) is 13.0 Å². The molecule has 0 unspecified atom stereocenters. The van der Waals surface area contributed by atoms with Crippen LogP contribution in [0.2, 0.25) is 0 Å². The molecular formula is C9H15NO2. The van der Waals surface area contributed by atoms with Crippen LogP contribution in [0, 0.1) is 6.92 Å². The van der Waals surface area contributed by atoms with E-state index in [2.05, 4.69) is 4.74 Å². The highest BCUT2D eigenvalue weighted by molar-refractivity contribution is 5.52. The molecule has 3 nitrogen and oxygen atoms in total. The number of aromatic hydroxyl groups is 1. The molecule has 0 spiro atoms. The highest BCUT2D eigenvalue weighted by Gasteiger charge is 1.92. The fourth-order valence-electron chi connectivity index (χ4n) is 0.674. The summed E-state index contributed by atoms with van der Waals surface area (Å²) in [6, 6.07) is 5.13. The van der Waals surface area contributed by atoms with Crippen LogP contribution in [0.25, 0.3) is 0 Å². The lowest BCUT2D eigenvalue weighted by Gasteiger charge is -1.97. The Balaban J connectivity index is 0.000000354. The molecule has 0 amide bonds. The van der Waals surface area contributed by atoms with E-state index in [9.17, 15) is 0 Å². The number of nitrogen functional groups attached to an aromatic ring is 1. The minimum absolute atomic E-state index is 0.153. The first-order chi connectivity index (χ1) is 5.61. The Morgan fingerprint density at radius 3 is 2.17 bits per heavy atom. The summed E-state index contributed by atoms with van der Waals surface area (Å²) in [5.41, 5.74) is 6.87. The Hall–Kier alpha value is -1.22. The molecule has 0 bridgehead atoms. The number of benzene rings is 1. The Bertz CT molecular complexity index is 236. The lowest BCUT2D eigenvalue weighted by Crippen LogP contribution is -1.85. The van der Waals surface area contributed by atoms with Gasteiger partial charge in [0.25, 0.3) is 0 Å². The van der Waals surface area contributed by atoms with Gasteiger partial charge in [0.05, 0.1) is 5.69 Å². The number of rotatable bonds is 0. The minimum atomic E-state index is 0.153. The molecule has 68 valence electrons. The molecule has 0 fully saturated rings. The maximum atomic E-state index is 8.92. The van der Waals surface area contributed by atoms with Crippen LogP contribution in [-0.2, 0) is 4.74 Å². The van der Waals surface area contributed by atoms with Crippen molar-refractivity contribution >= 4 is 5.69 Å². The average Bonchev–Trinajstić information content (AvgIpc) is 1.99. The van der Waals surface area contributed by atoms with E-state index < -0.39 is 0 Å². The van der Waals surface area contributed by atoms with E-state index >= 15 is 0 Å². The van der Waals surface area contributed by atoms with E-state index in [1.54, 1.807) is 26.4 Å². The van der Waals surface area contributed by atoms with Crippen molar-refractivity contribution in [3.8, 4) is 5.75 Å². The molecule has 0 aliphatic heterocycles. The van der Waals surface area contributed by atoms with Crippen LogP contribution in [0.1, 0.15) is 5.56 Å². The van der Waals surface area contributed by atoms with Crippen molar-refractivity contribution in [1.82, 2.24) is 0 Å². The first kappa shape index (κ1) is 10.8. The summed E-state index contributed by atoms with van der Waals surface area (Å²) in [5, 5.41) is 8.92. The Kier molecular flexibility index (Phi) is 4.88. The summed E-state index contributed by atoms with van der Waals surface area (Å²) in [6.07, 6.45) is 0. The van der Waals surface area contributed by atoms with Gasteiger partial charge in [0, 0.05) is 14.2 Å². The van der Waals surface area contributed by atoms with Gasteiger partial charge in [-0.15, -0.1) is 0 Å². The maximum absolute atomic E-state index is 8.92. The minimum Gasteiger partial charge on any atom is -0.506 e. The zero-order valence-electron chi connectivity index (χ0n) is 7.66. The van der Waals surface area contributed by atoms with Crippen LogP contribution in [-0.4, -0.2) is 19.3 Å². The smallest absolute Gasteiger partial charge is 0.138 e. The van der Waals surface area contributed by atoms with Crippen LogP contribution >= 0.6 is 0 Å². The predicted molar refractivity (Wildman–Crippen MR) is 50.2 cm³/mol. The number of methoxy groups -OCH3 is 1. The topological polar surface area (TPSA) is 55.5 Å². The highest BCUT2D eigenvalue weighted by Crippen LogP contribution is 2.19. The normalized spacial score (nSPS) is 8.58. The highest BCUT2D eigenvalue weighted by atomic mass is 16.4. The molecule has 0 aliphatic rings. The Morgan fingerprint density at radius 1 is 1.33 bits per heavy atom. The van der Waals surface area contributed by atoms with Gasteiger partial charge in [-0.3, -0.25) is 0 Å². The Labute approximate surface area is 72.8 Å². The van der Waals surface area contributed by atoms with E-state index in [-0.39, 0.29) is 5.75 Å². The van der Waals surface area contributed by atoms with Crippen LogP contribution in [0.3, 0.4) is 0 Å². The standard InChI is InChI=1S/C7H9NO.C2H6O/c1-5-2-3-7(9)6(8)4-5;1-3-2/h2-4,9H,8H2,1H3;1-2H3. The van der Waals surface area contributed by atoms with Gasteiger partial charge in [-0.05, 0) is 24.6 Å². The third-order valence-electron chi connectivity index (χ3n) is 1.18. The molecule has 12 heavy (non-hydrogen) atoms. The van der Waals surface area contributed by atoms with E-state index in [0.717, 1.165) is 5.56 Å². The first-order valence-electron chi connectivity index (χ1n) is 3.57. The molecule has 1 rings (SSSR count). The van der Waals surface area contributed by atoms with E-state index in [4.69, 9.17) is 10.8 Å². The number of ether oxygens (including phenoxy) is 1. The van der Waals surface area contributed by atoms with Crippen molar-refractivity contribution in [1.29, 1.82) is 0 Å². The predicted octanol–water partition coefficient (Wildman–Crippen LogP) is 1.55. The summed E-state index contributed by atoms with van der Waals surface area (Å²) in [6.45, 7) is 1.93. The molecule has 0 atom stereocenters. The number of phenolic OH excluding ortho intramolecular Hbond substituents is 1. The third-order valence-corrected chi connectivity index (χ3v) is 1.18. The quantitative estimate of drug-likeness (QED) is 0.457. The molecule has 0 aromatic heterocycles. The summed E-state index contributed by atoms with van der Waals surface area (Å²) >= 11 is 0. The molecule has 0 aliphatic carbocycles. The fraction of sp³-hybridized carbons (Fsp3) is 0.333. The molecular weight excluding hydrogens is 154 g/mol. The van der Waals surface area contributed by atoms with Gasteiger partial charge in [-0.2, -0.15) is 0 Å². The van der Waals surface area contributed by atoms with Crippen LogP contribution in [0.15, 0.2) is 18.2 Å².